The number of rotatable bonds is 8. The van der Waals surface area contributed by atoms with Crippen molar-refractivity contribution < 1.29 is 33.4 Å². The van der Waals surface area contributed by atoms with Crippen molar-refractivity contribution >= 4 is 58.9 Å². The minimum absolute atomic E-state index is 0.0477. The van der Waals surface area contributed by atoms with Crippen LogP contribution in [0.1, 0.15) is 44.0 Å². The van der Waals surface area contributed by atoms with Crippen molar-refractivity contribution in [3.05, 3.63) is 22.6 Å². The number of β-lactam (4-membered cyclic amide) rings is 1. The number of nitrogens with one attached hydrogen (secondary N) is 1. The molecule has 1 N–H and O–H groups in total. The SMILES string of the molecule is Cc1nnc(SCC2=C(C(=O)OC(C)OC(=O)OC3CCCCC3)N3C(=O)[C@@H](NC(=O)n4cnnn4)[C@H]3SC2)s1. The second-order valence-corrected chi connectivity index (χ2v) is 12.6. The summed E-state index contributed by atoms with van der Waals surface area (Å²) in [5.41, 5.74) is 0.686. The number of amides is 2. The summed E-state index contributed by atoms with van der Waals surface area (Å²) in [6, 6.07) is -1.58. The molecule has 2 fully saturated rings. The van der Waals surface area contributed by atoms with Gasteiger partial charge < -0.3 is 19.5 Å². The average molecular weight is 611 g/mol. The van der Waals surface area contributed by atoms with Crippen LogP contribution in [0.25, 0.3) is 0 Å². The molecule has 0 radical (unpaired) electrons. The van der Waals surface area contributed by atoms with Gasteiger partial charge in [-0.2, -0.15) is 0 Å². The van der Waals surface area contributed by atoms with Crippen LogP contribution in [0.2, 0.25) is 0 Å². The molecule has 0 aromatic carbocycles. The maximum Gasteiger partial charge on any atom is 0.511 e. The van der Waals surface area contributed by atoms with E-state index in [9.17, 15) is 19.2 Å². The Morgan fingerprint density at radius 2 is 2.00 bits per heavy atom. The number of aryl methyl sites for hydroxylation is 1. The number of carbonyl (C=O) groups excluding carboxylic acids is 4. The van der Waals surface area contributed by atoms with Gasteiger partial charge in [-0.3, -0.25) is 9.69 Å². The van der Waals surface area contributed by atoms with E-state index in [1.54, 1.807) is 0 Å². The molecule has 2 aromatic heterocycles. The zero-order valence-corrected chi connectivity index (χ0v) is 24.0. The molecule has 0 spiro atoms. The molecule has 15 nitrogen and oxygen atoms in total. The van der Waals surface area contributed by atoms with Crippen molar-refractivity contribution in [3.8, 4) is 0 Å². The maximum absolute atomic E-state index is 13.4. The van der Waals surface area contributed by atoms with Crippen LogP contribution in [0.3, 0.4) is 0 Å². The summed E-state index contributed by atoms with van der Waals surface area (Å²) < 4.78 is 17.5. The van der Waals surface area contributed by atoms with Crippen LogP contribution in [0.4, 0.5) is 9.59 Å². The lowest BCUT2D eigenvalue weighted by Crippen LogP contribution is -2.71. The summed E-state index contributed by atoms with van der Waals surface area (Å²) in [4.78, 5) is 52.5. The molecule has 1 saturated heterocycles. The van der Waals surface area contributed by atoms with Crippen LogP contribution in [0, 0.1) is 6.92 Å². The van der Waals surface area contributed by atoms with Gasteiger partial charge in [-0.05, 0) is 48.6 Å². The quantitative estimate of drug-likeness (QED) is 0.151. The number of esters is 1. The monoisotopic (exact) mass is 610 g/mol. The van der Waals surface area contributed by atoms with Gasteiger partial charge >= 0.3 is 18.2 Å². The molecule has 4 heterocycles. The second-order valence-electron chi connectivity index (χ2n) is 9.14. The van der Waals surface area contributed by atoms with Crippen LogP contribution < -0.4 is 5.32 Å². The first-order chi connectivity index (χ1) is 19.3. The highest BCUT2D eigenvalue weighted by Gasteiger charge is 2.54. The lowest BCUT2D eigenvalue weighted by Gasteiger charge is -2.49. The van der Waals surface area contributed by atoms with Gasteiger partial charge in [0.15, 0.2) is 4.34 Å². The number of hydrogen-bond donors (Lipinski definition) is 1. The molecule has 1 saturated carbocycles. The Bertz CT molecular complexity index is 1300. The number of ether oxygens (including phenoxy) is 3. The highest BCUT2D eigenvalue weighted by Crippen LogP contribution is 2.42. The summed E-state index contributed by atoms with van der Waals surface area (Å²) in [5.74, 6) is -0.584. The van der Waals surface area contributed by atoms with Gasteiger partial charge in [0.2, 0.25) is 6.29 Å². The highest BCUT2D eigenvalue weighted by atomic mass is 32.2. The normalized spacial score (nSPS) is 21.8. The number of carbonyl (C=O) groups is 4. The van der Waals surface area contributed by atoms with E-state index < -0.39 is 41.8 Å². The standard InChI is InChI=1S/C22H26N8O7S3/c1-11-25-26-21(40-11)39-9-13-8-38-18-15(24-20(33)29-10-23-27-28-29)17(31)30(18)16(13)19(32)35-12(2)36-22(34)37-14-6-4-3-5-7-14/h10,12,14-15,18H,3-9H2,1-2H3,(H,24,33)/t12?,15-,18-/m1/s1. The fourth-order valence-corrected chi connectivity index (χ4v) is 7.74. The Balaban J connectivity index is 1.27. The Hall–Kier alpha value is -3.25. The molecule has 214 valence electrons. The van der Waals surface area contributed by atoms with E-state index in [1.807, 2.05) is 6.92 Å². The first-order valence-corrected chi connectivity index (χ1v) is 15.4. The van der Waals surface area contributed by atoms with Crippen molar-refractivity contribution in [2.45, 2.75) is 74.1 Å². The van der Waals surface area contributed by atoms with E-state index in [2.05, 4.69) is 31.0 Å². The molecule has 0 bridgehead atoms. The molecule has 2 aromatic rings. The smallest absolute Gasteiger partial charge is 0.431 e. The second kappa shape index (κ2) is 12.5. The fourth-order valence-electron chi connectivity index (χ4n) is 4.43. The zero-order chi connectivity index (χ0) is 28.2. The molecule has 1 unspecified atom stereocenters. The van der Waals surface area contributed by atoms with Crippen LogP contribution in [0.15, 0.2) is 21.9 Å². The molecule has 1 aliphatic carbocycles. The lowest BCUT2D eigenvalue weighted by atomic mass is 9.98. The molecule has 18 heteroatoms. The van der Waals surface area contributed by atoms with Crippen molar-refractivity contribution in [2.75, 3.05) is 11.5 Å². The van der Waals surface area contributed by atoms with E-state index in [0.29, 0.717) is 21.4 Å². The number of tetrazole rings is 1. The van der Waals surface area contributed by atoms with Crippen LogP contribution in [-0.2, 0) is 23.8 Å². The Morgan fingerprint density at radius 1 is 1.20 bits per heavy atom. The number of fused-ring (bicyclic) bond motifs is 1. The van der Waals surface area contributed by atoms with Gasteiger partial charge in [-0.15, -0.1) is 31.7 Å². The number of aromatic nitrogens is 6. The van der Waals surface area contributed by atoms with Gasteiger partial charge in [0.05, 0.1) is 0 Å². The number of nitrogens with zero attached hydrogens (tertiary/aromatic N) is 7. The fraction of sp³-hybridized carbons (Fsp3) is 0.591. The minimum atomic E-state index is -1.25. The van der Waals surface area contributed by atoms with Crippen LogP contribution in [-0.4, -0.2) is 94.7 Å². The molecule has 40 heavy (non-hydrogen) atoms. The Kier molecular flexibility index (Phi) is 8.84. The van der Waals surface area contributed by atoms with E-state index in [4.69, 9.17) is 14.2 Å². The molecular formula is C22H26N8O7S3. The molecule has 2 aliphatic heterocycles. The minimum Gasteiger partial charge on any atom is -0.431 e. The number of thioether (sulfide) groups is 2. The molecule has 2 amide bonds. The Morgan fingerprint density at radius 3 is 2.70 bits per heavy atom. The van der Waals surface area contributed by atoms with Gasteiger partial charge in [-0.1, -0.05) is 29.5 Å². The van der Waals surface area contributed by atoms with E-state index in [1.165, 1.54) is 46.7 Å². The van der Waals surface area contributed by atoms with E-state index >= 15 is 0 Å². The van der Waals surface area contributed by atoms with E-state index in [-0.39, 0.29) is 11.8 Å². The van der Waals surface area contributed by atoms with Crippen LogP contribution in [0.5, 0.6) is 0 Å². The predicted molar refractivity (Wildman–Crippen MR) is 141 cm³/mol. The van der Waals surface area contributed by atoms with Crippen LogP contribution >= 0.6 is 34.9 Å². The van der Waals surface area contributed by atoms with Crippen molar-refractivity contribution in [2.24, 2.45) is 0 Å². The first kappa shape index (κ1) is 28.3. The van der Waals surface area contributed by atoms with Gasteiger partial charge in [0.1, 0.15) is 34.6 Å². The summed E-state index contributed by atoms with van der Waals surface area (Å²) in [5, 5.41) is 21.3. The lowest BCUT2D eigenvalue weighted by molar-refractivity contribution is -0.169. The van der Waals surface area contributed by atoms with Gasteiger partial charge in [0, 0.05) is 18.4 Å². The predicted octanol–water partition coefficient (Wildman–Crippen LogP) is 2.10. The summed E-state index contributed by atoms with van der Waals surface area (Å²) in [7, 11) is 0. The maximum atomic E-state index is 13.4. The third kappa shape index (κ3) is 6.38. The van der Waals surface area contributed by atoms with E-state index in [0.717, 1.165) is 48.1 Å². The molecular weight excluding hydrogens is 584 g/mol. The topological polar surface area (TPSA) is 181 Å². The summed E-state index contributed by atoms with van der Waals surface area (Å²) >= 11 is 4.20. The Labute approximate surface area is 240 Å². The third-order valence-electron chi connectivity index (χ3n) is 6.30. The van der Waals surface area contributed by atoms with Gasteiger partial charge in [0.25, 0.3) is 5.91 Å². The van der Waals surface area contributed by atoms with Crippen molar-refractivity contribution in [3.63, 3.8) is 0 Å². The first-order valence-electron chi connectivity index (χ1n) is 12.5. The molecule has 5 rings (SSSR count). The average Bonchev–Trinajstić information content (AvgIpc) is 3.62. The summed E-state index contributed by atoms with van der Waals surface area (Å²) in [6.07, 6.45) is 3.34. The van der Waals surface area contributed by atoms with Crippen molar-refractivity contribution in [1.82, 2.24) is 40.6 Å². The summed E-state index contributed by atoms with van der Waals surface area (Å²) in [6.45, 7) is 3.25. The number of hydrogen-bond acceptors (Lipinski definition) is 15. The highest BCUT2D eigenvalue weighted by molar-refractivity contribution is 8.01. The molecule has 3 atom stereocenters. The van der Waals surface area contributed by atoms with Gasteiger partial charge in [-0.25, -0.2) is 14.4 Å². The van der Waals surface area contributed by atoms with Crippen molar-refractivity contribution in [1.29, 1.82) is 0 Å². The molecule has 3 aliphatic rings. The third-order valence-corrected chi connectivity index (χ3v) is 9.70. The largest absolute Gasteiger partial charge is 0.511 e. The zero-order valence-electron chi connectivity index (χ0n) is 21.5.